The number of aromatic nitrogens is 4. The molecule has 3 heterocycles. The summed E-state index contributed by atoms with van der Waals surface area (Å²) in [5.41, 5.74) is 2.40. The lowest BCUT2D eigenvalue weighted by Crippen LogP contribution is -2.42. The molecule has 0 bridgehead atoms. The van der Waals surface area contributed by atoms with Crippen molar-refractivity contribution in [1.29, 1.82) is 0 Å². The van der Waals surface area contributed by atoms with Gasteiger partial charge in [-0.15, -0.1) is 0 Å². The predicted molar refractivity (Wildman–Crippen MR) is 128 cm³/mol. The average molecular weight is 467 g/mol. The van der Waals surface area contributed by atoms with Crippen LogP contribution in [0.15, 0.2) is 53.7 Å². The number of carboxylic acid groups (broad SMARTS) is 1. The summed E-state index contributed by atoms with van der Waals surface area (Å²) in [6, 6.07) is 8.77. The van der Waals surface area contributed by atoms with Gasteiger partial charge in [0.05, 0.1) is 25.6 Å². The maximum Gasteiger partial charge on any atom is 0.411 e. The fourth-order valence-electron chi connectivity index (χ4n) is 3.96. The molecule has 1 N–H and O–H groups in total. The lowest BCUT2D eigenvalue weighted by Gasteiger charge is -2.29. The number of hydrogen-bond donors (Lipinski definition) is 1. The normalized spacial score (nSPS) is 14.3. The summed E-state index contributed by atoms with van der Waals surface area (Å²) in [7, 11) is 0. The van der Waals surface area contributed by atoms with Gasteiger partial charge in [-0.05, 0) is 24.1 Å². The van der Waals surface area contributed by atoms with Crippen molar-refractivity contribution in [3.8, 4) is 5.69 Å². The van der Waals surface area contributed by atoms with E-state index >= 15 is 0 Å². The number of ether oxygens (including phenoxy) is 1. The maximum atomic E-state index is 12.5. The molecule has 0 atom stereocenters. The Labute approximate surface area is 198 Å². The molecule has 4 rings (SSSR count). The molecule has 34 heavy (non-hydrogen) atoms. The van der Waals surface area contributed by atoms with Gasteiger partial charge < -0.3 is 9.84 Å². The summed E-state index contributed by atoms with van der Waals surface area (Å²) in [4.78, 5) is 28.0. The molecule has 1 aromatic carbocycles. The summed E-state index contributed by atoms with van der Waals surface area (Å²) in [6.45, 7) is 6.83. The molecular formula is C24H30N6O4. The van der Waals surface area contributed by atoms with Gasteiger partial charge in [0.2, 0.25) is 5.43 Å². The van der Waals surface area contributed by atoms with Crippen LogP contribution in [0.5, 0.6) is 0 Å². The van der Waals surface area contributed by atoms with E-state index in [0.717, 1.165) is 37.3 Å². The minimum Gasteiger partial charge on any atom is -0.465 e. The lowest BCUT2D eigenvalue weighted by atomic mass is 10.1. The van der Waals surface area contributed by atoms with Crippen molar-refractivity contribution in [3.63, 3.8) is 0 Å². The molecule has 1 aliphatic heterocycles. The van der Waals surface area contributed by atoms with Crippen LogP contribution in [0, 0.1) is 0 Å². The van der Waals surface area contributed by atoms with E-state index in [1.807, 2.05) is 29.1 Å². The average Bonchev–Trinajstić information content (AvgIpc) is 3.30. The van der Waals surface area contributed by atoms with Gasteiger partial charge in [0.1, 0.15) is 11.4 Å². The minimum atomic E-state index is -1.00. The third-order valence-electron chi connectivity index (χ3n) is 5.79. The van der Waals surface area contributed by atoms with Crippen molar-refractivity contribution < 1.29 is 14.6 Å². The van der Waals surface area contributed by atoms with Gasteiger partial charge in [-0.1, -0.05) is 19.1 Å². The summed E-state index contributed by atoms with van der Waals surface area (Å²) in [5, 5.41) is 18.6. The van der Waals surface area contributed by atoms with E-state index in [0.29, 0.717) is 44.1 Å². The Morgan fingerprint density at radius 2 is 2.03 bits per heavy atom. The van der Waals surface area contributed by atoms with Gasteiger partial charge in [0.25, 0.3) is 0 Å². The minimum absolute atomic E-state index is 0.162. The second kappa shape index (κ2) is 11.1. The molecule has 0 aliphatic carbocycles. The Kier molecular flexibility index (Phi) is 7.71. The van der Waals surface area contributed by atoms with Crippen molar-refractivity contribution in [3.05, 3.63) is 70.4 Å². The van der Waals surface area contributed by atoms with Crippen LogP contribution >= 0.6 is 0 Å². The first-order valence-corrected chi connectivity index (χ1v) is 11.5. The highest BCUT2D eigenvalue weighted by Crippen LogP contribution is 2.18. The predicted octanol–water partition coefficient (Wildman–Crippen LogP) is 2.25. The maximum absolute atomic E-state index is 12.5. The molecule has 180 valence electrons. The summed E-state index contributed by atoms with van der Waals surface area (Å²) in [5.74, 6) is 0. The zero-order valence-corrected chi connectivity index (χ0v) is 19.3. The number of nitrogens with zero attached hydrogens (tertiary/aromatic N) is 6. The second-order valence-electron chi connectivity index (χ2n) is 8.27. The van der Waals surface area contributed by atoms with E-state index < -0.39 is 6.09 Å². The monoisotopic (exact) mass is 466 g/mol. The Balaban J connectivity index is 1.50. The van der Waals surface area contributed by atoms with Crippen molar-refractivity contribution in [2.24, 2.45) is 0 Å². The highest BCUT2D eigenvalue weighted by molar-refractivity contribution is 5.86. The van der Waals surface area contributed by atoms with E-state index in [4.69, 9.17) is 4.74 Å². The molecule has 1 saturated heterocycles. The fourth-order valence-corrected chi connectivity index (χ4v) is 3.96. The van der Waals surface area contributed by atoms with Crippen LogP contribution in [0.2, 0.25) is 0 Å². The third-order valence-corrected chi connectivity index (χ3v) is 5.79. The first kappa shape index (κ1) is 23.7. The van der Waals surface area contributed by atoms with Gasteiger partial charge >= 0.3 is 6.09 Å². The van der Waals surface area contributed by atoms with Gasteiger partial charge in [-0.2, -0.15) is 10.2 Å². The zero-order chi connectivity index (χ0) is 23.9. The standard InChI is InChI=1S/C24H30N6O4/c1-2-7-28-18-21(17-25-28)30-8-6-23(31)22(26-30)16-19-4-3-5-20(15-19)29(24(32)33)10-9-27-11-13-34-14-12-27/h3-6,8,15,17-18H,2,7,9-14,16H2,1H3,(H,32,33). The van der Waals surface area contributed by atoms with Gasteiger partial charge in [-0.3, -0.25) is 19.3 Å². The number of hydrogen-bond acceptors (Lipinski definition) is 6. The van der Waals surface area contributed by atoms with Crippen LogP contribution < -0.4 is 10.3 Å². The molecule has 0 saturated carbocycles. The van der Waals surface area contributed by atoms with Gasteiger partial charge in [0.15, 0.2) is 0 Å². The number of anilines is 1. The molecule has 0 radical (unpaired) electrons. The molecular weight excluding hydrogens is 436 g/mol. The first-order valence-electron chi connectivity index (χ1n) is 11.5. The van der Waals surface area contributed by atoms with Crippen molar-refractivity contribution in [2.45, 2.75) is 26.3 Å². The lowest BCUT2D eigenvalue weighted by molar-refractivity contribution is 0.0392. The largest absolute Gasteiger partial charge is 0.465 e. The van der Waals surface area contributed by atoms with Crippen LogP contribution in [0.25, 0.3) is 5.69 Å². The molecule has 10 heteroatoms. The highest BCUT2D eigenvalue weighted by atomic mass is 16.5. The Hall–Kier alpha value is -3.50. The SMILES string of the molecule is CCCn1cc(-n2ccc(=O)c(Cc3cccc(N(CCN4CCOCC4)C(=O)O)c3)n2)cn1. The second-order valence-corrected chi connectivity index (χ2v) is 8.27. The van der Waals surface area contributed by atoms with Crippen LogP contribution in [0.1, 0.15) is 24.6 Å². The van der Waals surface area contributed by atoms with E-state index in [1.165, 1.54) is 11.0 Å². The van der Waals surface area contributed by atoms with Crippen molar-refractivity contribution in [2.75, 3.05) is 44.3 Å². The molecule has 1 aliphatic rings. The third kappa shape index (κ3) is 5.89. The molecule has 1 fully saturated rings. The van der Waals surface area contributed by atoms with Crippen molar-refractivity contribution in [1.82, 2.24) is 24.5 Å². The van der Waals surface area contributed by atoms with Crippen LogP contribution in [-0.2, 0) is 17.7 Å². The summed E-state index contributed by atoms with van der Waals surface area (Å²) >= 11 is 0. The molecule has 3 aromatic rings. The summed E-state index contributed by atoms with van der Waals surface area (Å²) < 4.78 is 8.85. The molecule has 10 nitrogen and oxygen atoms in total. The molecule has 0 spiro atoms. The number of amides is 1. The molecule has 0 unspecified atom stereocenters. The van der Waals surface area contributed by atoms with Crippen LogP contribution in [0.4, 0.5) is 10.5 Å². The topological polar surface area (TPSA) is 106 Å². The highest BCUT2D eigenvalue weighted by Gasteiger charge is 2.18. The number of morpholine rings is 1. The number of rotatable bonds is 9. The number of aryl methyl sites for hydroxylation is 1. The number of benzene rings is 1. The Morgan fingerprint density at radius 3 is 2.79 bits per heavy atom. The number of carbonyl (C=O) groups is 1. The fraction of sp³-hybridized carbons (Fsp3) is 0.417. The van der Waals surface area contributed by atoms with Gasteiger partial charge in [-0.25, -0.2) is 9.48 Å². The van der Waals surface area contributed by atoms with Gasteiger partial charge in [0, 0.05) is 57.1 Å². The smallest absolute Gasteiger partial charge is 0.411 e. The molecule has 2 aromatic heterocycles. The quantitative estimate of drug-likeness (QED) is 0.516. The van der Waals surface area contributed by atoms with Crippen molar-refractivity contribution >= 4 is 11.8 Å². The van der Waals surface area contributed by atoms with Crippen LogP contribution in [0.3, 0.4) is 0 Å². The summed E-state index contributed by atoms with van der Waals surface area (Å²) in [6.07, 6.45) is 5.51. The van der Waals surface area contributed by atoms with E-state index in [9.17, 15) is 14.7 Å². The Bertz CT molecular complexity index is 1170. The van der Waals surface area contributed by atoms with E-state index in [2.05, 4.69) is 22.0 Å². The first-order chi connectivity index (χ1) is 16.5. The Morgan fingerprint density at radius 1 is 1.21 bits per heavy atom. The van der Waals surface area contributed by atoms with E-state index in [1.54, 1.807) is 23.1 Å². The van der Waals surface area contributed by atoms with Crippen LogP contribution in [-0.4, -0.2) is 75.1 Å². The van der Waals surface area contributed by atoms with E-state index in [-0.39, 0.29) is 5.43 Å². The molecule has 1 amide bonds. The zero-order valence-electron chi connectivity index (χ0n) is 19.3.